The smallest absolute Gasteiger partial charge is 0.407 e. The van der Waals surface area contributed by atoms with Crippen LogP contribution in [0, 0.1) is 23.7 Å². The van der Waals surface area contributed by atoms with Gasteiger partial charge in [0.15, 0.2) is 0 Å². The molecule has 67 heavy (non-hydrogen) atoms. The van der Waals surface area contributed by atoms with Crippen LogP contribution in [0.2, 0.25) is 0 Å². The predicted octanol–water partition coefficient (Wildman–Crippen LogP) is 9.83. The highest BCUT2D eigenvalue weighted by molar-refractivity contribution is 6.04. The predicted molar refractivity (Wildman–Crippen MR) is 264 cm³/mol. The van der Waals surface area contributed by atoms with Crippen molar-refractivity contribution in [2.24, 2.45) is 33.7 Å². The highest BCUT2D eigenvalue weighted by Crippen LogP contribution is 2.55. The average Bonchev–Trinajstić information content (AvgIpc) is 4.20. The number of nitrogens with zero attached hydrogens (tertiary/aromatic N) is 4. The fourth-order valence-corrected chi connectivity index (χ4v) is 12.3. The molecule has 4 aliphatic heterocycles. The molecule has 4 heterocycles. The van der Waals surface area contributed by atoms with Gasteiger partial charge in [-0.15, -0.1) is 0 Å². The molecule has 0 radical (unpaired) electrons. The van der Waals surface area contributed by atoms with Crippen molar-refractivity contribution in [1.29, 1.82) is 0 Å². The average molecular weight is 909 g/mol. The number of carbonyl (C=O) groups excluding carboxylic acids is 4. The molecule has 2 saturated heterocycles. The Morgan fingerprint density at radius 3 is 1.82 bits per heavy atom. The molecule has 4 amide bonds. The van der Waals surface area contributed by atoms with Gasteiger partial charge < -0.3 is 29.9 Å². The fraction of sp³-hybridized carbons (Fsp3) is 0.527. The Hall–Kier alpha value is -5.78. The summed E-state index contributed by atoms with van der Waals surface area (Å²) in [7, 11) is 2.64. The minimum Gasteiger partial charge on any atom is -0.453 e. The molecule has 2 N–H and O–H groups in total. The molecule has 3 fully saturated rings. The Bertz CT molecular complexity index is 2540. The summed E-state index contributed by atoms with van der Waals surface area (Å²) >= 11 is 0. The van der Waals surface area contributed by atoms with Crippen molar-refractivity contribution < 1.29 is 28.7 Å². The molecule has 6 atom stereocenters. The first kappa shape index (κ1) is 46.3. The van der Waals surface area contributed by atoms with Crippen LogP contribution < -0.4 is 10.6 Å². The second-order valence-corrected chi connectivity index (χ2v) is 21.1. The van der Waals surface area contributed by atoms with Crippen LogP contribution in [0.1, 0.15) is 115 Å². The van der Waals surface area contributed by atoms with E-state index < -0.39 is 24.3 Å². The largest absolute Gasteiger partial charge is 0.453 e. The molecule has 3 aromatic rings. The summed E-state index contributed by atoms with van der Waals surface area (Å²) in [6.45, 7) is 13.4. The van der Waals surface area contributed by atoms with Crippen molar-refractivity contribution in [3.63, 3.8) is 0 Å². The van der Waals surface area contributed by atoms with Crippen LogP contribution in [-0.4, -0.2) is 96.7 Å². The molecule has 9 rings (SSSR count). The standard InChI is InChI=1S/C55H68N6O6/c1-31(2)49(58-53(64)66-7)51(62)60-29-33(5)23-46(60)44-27-39(28-56-44)35-11-13-36(14-12-35)41-17-16-40(42-19-22-55(48(41)42)20-9-10-21-55)37-15-18-43-38(25-37)26-45(57-43)47-24-34(6)30-61(47)52(63)50(32(3)4)59-54(65)67-8/h11-18,25,28,31-34,46-47,49-50H,9-10,19-24,26-27,29-30H2,1-8H3,(H,58,64)(H,59,65)/t33-,34-,46-,47-,49-,50-/m0/s1. The van der Waals surface area contributed by atoms with E-state index in [4.69, 9.17) is 19.5 Å². The van der Waals surface area contributed by atoms with Crippen LogP contribution in [0.3, 0.4) is 0 Å². The minimum atomic E-state index is -0.671. The molecule has 354 valence electrons. The normalized spacial score (nSPS) is 23.5. The van der Waals surface area contributed by atoms with Gasteiger partial charge in [-0.05, 0) is 130 Å². The van der Waals surface area contributed by atoms with Gasteiger partial charge in [-0.3, -0.25) is 19.6 Å². The topological polar surface area (TPSA) is 142 Å². The number of ether oxygens (including phenoxy) is 2. The number of benzene rings is 3. The third kappa shape index (κ3) is 8.81. The molecule has 0 aromatic heterocycles. The van der Waals surface area contributed by atoms with Crippen molar-refractivity contribution in [3.8, 4) is 22.3 Å². The summed E-state index contributed by atoms with van der Waals surface area (Å²) in [4.78, 5) is 66.2. The lowest BCUT2D eigenvalue weighted by molar-refractivity contribution is -0.135. The van der Waals surface area contributed by atoms with Crippen LogP contribution >= 0.6 is 0 Å². The number of amides is 4. The maximum atomic E-state index is 14.0. The van der Waals surface area contributed by atoms with Gasteiger partial charge in [-0.25, -0.2) is 9.59 Å². The summed E-state index contributed by atoms with van der Waals surface area (Å²) < 4.78 is 9.71. The zero-order valence-electron chi connectivity index (χ0n) is 40.6. The number of hydrogen-bond acceptors (Lipinski definition) is 8. The molecule has 2 aliphatic carbocycles. The molecule has 3 aromatic carbocycles. The number of rotatable bonds is 11. The van der Waals surface area contributed by atoms with E-state index in [0.29, 0.717) is 37.8 Å². The van der Waals surface area contributed by atoms with Crippen molar-refractivity contribution in [2.45, 2.75) is 135 Å². The molecular formula is C55H68N6O6. The van der Waals surface area contributed by atoms with Gasteiger partial charge >= 0.3 is 12.2 Å². The van der Waals surface area contributed by atoms with Crippen molar-refractivity contribution in [3.05, 3.63) is 83.1 Å². The molecule has 1 saturated carbocycles. The van der Waals surface area contributed by atoms with E-state index >= 15 is 0 Å². The number of likely N-dealkylation sites (tertiary alicyclic amines) is 2. The third-order valence-electron chi connectivity index (χ3n) is 15.7. The first-order valence-corrected chi connectivity index (χ1v) is 24.7. The van der Waals surface area contributed by atoms with Crippen molar-refractivity contribution in [1.82, 2.24) is 20.4 Å². The third-order valence-corrected chi connectivity index (χ3v) is 15.7. The van der Waals surface area contributed by atoms with Crippen molar-refractivity contribution in [2.75, 3.05) is 27.3 Å². The first-order chi connectivity index (χ1) is 32.2. The molecule has 0 unspecified atom stereocenters. The van der Waals surface area contributed by atoms with Gasteiger partial charge in [0.05, 0.1) is 32.0 Å². The second-order valence-electron chi connectivity index (χ2n) is 21.1. The maximum Gasteiger partial charge on any atom is 0.407 e. The van der Waals surface area contributed by atoms with E-state index in [2.05, 4.69) is 79.1 Å². The number of alkyl carbamates (subject to hydrolysis) is 2. The number of allylic oxidation sites excluding steroid dienone is 1. The molecule has 12 heteroatoms. The molecule has 1 spiro atoms. The fourth-order valence-electron chi connectivity index (χ4n) is 12.3. The van der Waals surface area contributed by atoms with Gasteiger partial charge in [0.2, 0.25) is 11.8 Å². The quantitative estimate of drug-likeness (QED) is 0.196. The van der Waals surface area contributed by atoms with Crippen LogP contribution in [0.25, 0.3) is 27.8 Å². The maximum absolute atomic E-state index is 14.0. The van der Waals surface area contributed by atoms with Gasteiger partial charge in [-0.2, -0.15) is 0 Å². The first-order valence-electron chi connectivity index (χ1n) is 24.7. The Balaban J connectivity index is 0.931. The highest BCUT2D eigenvalue weighted by atomic mass is 16.5. The summed E-state index contributed by atoms with van der Waals surface area (Å²) in [5.74, 6) is 0.295. The molecular weight excluding hydrogens is 841 g/mol. The Morgan fingerprint density at radius 1 is 0.687 bits per heavy atom. The number of hydrogen-bond donors (Lipinski definition) is 2. The second kappa shape index (κ2) is 18.7. The minimum absolute atomic E-state index is 0.0810. The van der Waals surface area contributed by atoms with Crippen LogP contribution in [-0.2, 0) is 37.3 Å². The van der Waals surface area contributed by atoms with Crippen molar-refractivity contribution >= 4 is 46.7 Å². The Kier molecular flexibility index (Phi) is 12.9. The Morgan fingerprint density at radius 2 is 1.24 bits per heavy atom. The lowest BCUT2D eigenvalue weighted by Gasteiger charge is -2.31. The zero-order valence-corrected chi connectivity index (χ0v) is 40.6. The van der Waals surface area contributed by atoms with E-state index in [1.807, 2.05) is 43.7 Å². The summed E-state index contributed by atoms with van der Waals surface area (Å²) in [5, 5.41) is 5.55. The summed E-state index contributed by atoms with van der Waals surface area (Å²) in [6, 6.07) is 18.9. The van der Waals surface area contributed by atoms with E-state index in [1.54, 1.807) is 0 Å². The monoisotopic (exact) mass is 909 g/mol. The van der Waals surface area contributed by atoms with Gasteiger partial charge in [0.1, 0.15) is 12.1 Å². The number of methoxy groups -OCH3 is 2. The number of carbonyl (C=O) groups is 4. The van der Waals surface area contributed by atoms with Crippen LogP contribution in [0.4, 0.5) is 15.3 Å². The van der Waals surface area contributed by atoms with Gasteiger partial charge in [0.25, 0.3) is 0 Å². The number of fused-ring (bicyclic) bond motifs is 3. The Labute approximate surface area is 396 Å². The lowest BCUT2D eigenvalue weighted by Crippen LogP contribution is -2.53. The molecule has 0 bridgehead atoms. The van der Waals surface area contributed by atoms with Gasteiger partial charge in [0, 0.05) is 43.6 Å². The number of nitrogens with one attached hydrogen (secondary N) is 2. The zero-order chi connectivity index (χ0) is 47.3. The summed E-state index contributed by atoms with van der Waals surface area (Å²) in [6.07, 6.45) is 11.1. The van der Waals surface area contributed by atoms with E-state index in [1.165, 1.54) is 85.3 Å². The van der Waals surface area contributed by atoms with E-state index in [0.717, 1.165) is 47.5 Å². The van der Waals surface area contributed by atoms with Crippen LogP contribution in [0.5, 0.6) is 0 Å². The lowest BCUT2D eigenvalue weighted by atomic mass is 9.76. The van der Waals surface area contributed by atoms with E-state index in [-0.39, 0.29) is 41.1 Å². The molecule has 6 aliphatic rings. The summed E-state index contributed by atoms with van der Waals surface area (Å²) in [5.41, 5.74) is 14.8. The SMILES string of the molecule is COC(=O)N[C@H](C(=O)N1C[C@@H](C)C[C@H]1C1=NC=C(c2ccc(-c3ccc(-c4ccc5c(c4)CC([C@@H]4C[C@H](C)CN4C(=O)[C@@H](NC(=O)OC)C(C)C)=N5)c4c3C3(CCCC3)CC4)cc2)C1)C(C)C. The molecule has 12 nitrogen and oxygen atoms in total. The van der Waals surface area contributed by atoms with Crippen LogP contribution in [0.15, 0.2) is 70.8 Å². The van der Waals surface area contributed by atoms with E-state index in [9.17, 15) is 19.2 Å². The highest BCUT2D eigenvalue weighted by Gasteiger charge is 2.45. The van der Waals surface area contributed by atoms with Gasteiger partial charge in [-0.1, -0.05) is 96.8 Å². The number of aliphatic imine (C=N–C) groups is 2.